The summed E-state index contributed by atoms with van der Waals surface area (Å²) < 4.78 is 8.25. The van der Waals surface area contributed by atoms with Crippen LogP contribution < -0.4 is 10.6 Å². The number of hydrogen-bond acceptors (Lipinski definition) is 5. The predicted octanol–water partition coefficient (Wildman–Crippen LogP) is 0.908. The number of anilines is 1. The van der Waals surface area contributed by atoms with Gasteiger partial charge in [0, 0.05) is 6.42 Å². The topological polar surface area (TPSA) is 84.0 Å². The van der Waals surface area contributed by atoms with Crippen molar-refractivity contribution in [2.45, 2.75) is 18.9 Å². The molecule has 0 spiro atoms. The number of hydrogen-bond donors (Lipinski definition) is 2. The standard InChI is InChI=1S/C11H10N4O2S/c16-9-5-4-8(12-9)11(17)13-6-2-1-3-7-10(6)15-18-14-7/h1-3,8H,4-5H2,(H,12,16)(H,13,17). The van der Waals surface area contributed by atoms with Crippen LogP contribution in [-0.4, -0.2) is 26.6 Å². The summed E-state index contributed by atoms with van der Waals surface area (Å²) in [6, 6.07) is 4.98. The zero-order valence-electron chi connectivity index (χ0n) is 9.34. The molecule has 1 aliphatic rings. The lowest BCUT2D eigenvalue weighted by Gasteiger charge is -2.10. The first-order valence-electron chi connectivity index (χ1n) is 5.55. The molecule has 0 bridgehead atoms. The fraction of sp³-hybridized carbons (Fsp3) is 0.273. The molecule has 92 valence electrons. The maximum atomic E-state index is 12.0. The van der Waals surface area contributed by atoms with E-state index in [9.17, 15) is 9.59 Å². The first kappa shape index (κ1) is 11.1. The summed E-state index contributed by atoms with van der Waals surface area (Å²) in [4.78, 5) is 23.0. The first-order valence-corrected chi connectivity index (χ1v) is 6.28. The molecule has 1 saturated heterocycles. The molecule has 3 rings (SSSR count). The van der Waals surface area contributed by atoms with E-state index in [1.54, 1.807) is 6.07 Å². The minimum absolute atomic E-state index is 0.0799. The molecule has 6 nitrogen and oxygen atoms in total. The van der Waals surface area contributed by atoms with Gasteiger partial charge in [-0.15, -0.1) is 0 Å². The molecule has 1 fully saturated rings. The van der Waals surface area contributed by atoms with Gasteiger partial charge >= 0.3 is 0 Å². The number of aromatic nitrogens is 2. The second-order valence-corrected chi connectivity index (χ2v) is 4.61. The van der Waals surface area contributed by atoms with Gasteiger partial charge in [0.1, 0.15) is 17.1 Å². The number of fused-ring (bicyclic) bond motifs is 1. The van der Waals surface area contributed by atoms with Gasteiger partial charge in [-0.2, -0.15) is 8.75 Å². The molecule has 18 heavy (non-hydrogen) atoms. The molecular formula is C11H10N4O2S. The van der Waals surface area contributed by atoms with Crippen LogP contribution in [0.15, 0.2) is 18.2 Å². The second kappa shape index (κ2) is 4.34. The molecule has 1 aromatic carbocycles. The van der Waals surface area contributed by atoms with Crippen molar-refractivity contribution in [1.29, 1.82) is 0 Å². The van der Waals surface area contributed by atoms with Crippen LogP contribution in [0.3, 0.4) is 0 Å². The molecule has 1 aliphatic heterocycles. The lowest BCUT2D eigenvalue weighted by Crippen LogP contribution is -2.37. The number of nitrogens with zero attached hydrogens (tertiary/aromatic N) is 2. The quantitative estimate of drug-likeness (QED) is 0.842. The van der Waals surface area contributed by atoms with Crippen molar-refractivity contribution < 1.29 is 9.59 Å². The normalized spacial score (nSPS) is 18.9. The van der Waals surface area contributed by atoms with Gasteiger partial charge in [0.05, 0.1) is 17.4 Å². The molecule has 0 radical (unpaired) electrons. The van der Waals surface area contributed by atoms with E-state index >= 15 is 0 Å². The predicted molar refractivity (Wildman–Crippen MR) is 67.2 cm³/mol. The number of amides is 2. The number of nitrogens with one attached hydrogen (secondary N) is 2. The fourth-order valence-corrected chi connectivity index (χ4v) is 2.49. The van der Waals surface area contributed by atoms with Gasteiger partial charge in [-0.1, -0.05) is 6.07 Å². The van der Waals surface area contributed by atoms with E-state index in [1.165, 1.54) is 0 Å². The SMILES string of the molecule is O=C1CCC(C(=O)Nc2cccc3nsnc23)N1. The molecule has 1 aromatic heterocycles. The molecule has 7 heteroatoms. The number of benzene rings is 1. The Kier molecular flexibility index (Phi) is 2.67. The van der Waals surface area contributed by atoms with Gasteiger partial charge < -0.3 is 10.6 Å². The highest BCUT2D eigenvalue weighted by atomic mass is 32.1. The highest BCUT2D eigenvalue weighted by molar-refractivity contribution is 7.00. The van der Waals surface area contributed by atoms with Crippen LogP contribution in [0.25, 0.3) is 11.0 Å². The Hall–Kier alpha value is -2.02. The molecule has 2 amide bonds. The highest BCUT2D eigenvalue weighted by Gasteiger charge is 2.27. The summed E-state index contributed by atoms with van der Waals surface area (Å²) in [5.74, 6) is -0.287. The van der Waals surface area contributed by atoms with E-state index < -0.39 is 6.04 Å². The molecule has 0 saturated carbocycles. The zero-order chi connectivity index (χ0) is 12.5. The fourth-order valence-electron chi connectivity index (χ4n) is 1.94. The van der Waals surface area contributed by atoms with E-state index in [2.05, 4.69) is 19.4 Å². The van der Waals surface area contributed by atoms with Crippen LogP contribution >= 0.6 is 11.7 Å². The summed E-state index contributed by atoms with van der Waals surface area (Å²) in [7, 11) is 0. The Morgan fingerprint density at radius 3 is 3.11 bits per heavy atom. The third kappa shape index (κ3) is 1.92. The van der Waals surface area contributed by atoms with E-state index in [1.807, 2.05) is 12.1 Å². The molecule has 1 unspecified atom stereocenters. The summed E-state index contributed by atoms with van der Waals surface area (Å²) in [5.41, 5.74) is 2.07. The van der Waals surface area contributed by atoms with E-state index in [4.69, 9.17) is 0 Å². The summed E-state index contributed by atoms with van der Waals surface area (Å²) in [5, 5.41) is 5.42. The van der Waals surface area contributed by atoms with E-state index in [0.717, 1.165) is 17.2 Å². The van der Waals surface area contributed by atoms with Crippen LogP contribution in [-0.2, 0) is 9.59 Å². The smallest absolute Gasteiger partial charge is 0.247 e. The summed E-state index contributed by atoms with van der Waals surface area (Å²) in [6.45, 7) is 0. The van der Waals surface area contributed by atoms with Gasteiger partial charge in [0.25, 0.3) is 0 Å². The molecule has 2 aromatic rings. The van der Waals surface area contributed by atoms with Crippen molar-refractivity contribution >= 4 is 40.3 Å². The Morgan fingerprint density at radius 2 is 2.33 bits per heavy atom. The minimum atomic E-state index is -0.445. The summed E-state index contributed by atoms with van der Waals surface area (Å²) in [6.07, 6.45) is 0.941. The number of carbonyl (C=O) groups excluding carboxylic acids is 2. The number of carbonyl (C=O) groups is 2. The van der Waals surface area contributed by atoms with Crippen molar-refractivity contribution in [3.8, 4) is 0 Å². The Labute approximate surface area is 107 Å². The van der Waals surface area contributed by atoms with Crippen LogP contribution in [0.5, 0.6) is 0 Å². The summed E-state index contributed by atoms with van der Waals surface area (Å²) >= 11 is 1.11. The lowest BCUT2D eigenvalue weighted by molar-refractivity contribution is -0.122. The molecule has 2 N–H and O–H groups in total. The number of rotatable bonds is 2. The molecule has 0 aliphatic carbocycles. The van der Waals surface area contributed by atoms with Crippen molar-refractivity contribution in [2.75, 3.05) is 5.32 Å². The maximum absolute atomic E-state index is 12.0. The highest BCUT2D eigenvalue weighted by Crippen LogP contribution is 2.21. The third-order valence-electron chi connectivity index (χ3n) is 2.86. The van der Waals surface area contributed by atoms with E-state index in [-0.39, 0.29) is 11.8 Å². The molecule has 1 atom stereocenters. The zero-order valence-corrected chi connectivity index (χ0v) is 10.2. The van der Waals surface area contributed by atoms with Crippen LogP contribution in [0, 0.1) is 0 Å². The van der Waals surface area contributed by atoms with Crippen molar-refractivity contribution in [3.05, 3.63) is 18.2 Å². The van der Waals surface area contributed by atoms with Crippen molar-refractivity contribution in [1.82, 2.24) is 14.1 Å². The monoisotopic (exact) mass is 262 g/mol. The van der Waals surface area contributed by atoms with Gasteiger partial charge in [-0.05, 0) is 18.6 Å². The minimum Gasteiger partial charge on any atom is -0.344 e. The van der Waals surface area contributed by atoms with Crippen LogP contribution in [0.1, 0.15) is 12.8 Å². The Bertz CT molecular complexity index is 624. The lowest BCUT2D eigenvalue weighted by atomic mass is 10.2. The van der Waals surface area contributed by atoms with Gasteiger partial charge in [0.15, 0.2) is 0 Å². The first-order chi connectivity index (χ1) is 8.74. The van der Waals surface area contributed by atoms with E-state index in [0.29, 0.717) is 24.0 Å². The molecule has 2 heterocycles. The van der Waals surface area contributed by atoms with Crippen LogP contribution in [0.4, 0.5) is 5.69 Å². The van der Waals surface area contributed by atoms with Gasteiger partial charge in [-0.25, -0.2) is 0 Å². The second-order valence-electron chi connectivity index (χ2n) is 4.09. The van der Waals surface area contributed by atoms with Crippen molar-refractivity contribution in [2.24, 2.45) is 0 Å². The third-order valence-corrected chi connectivity index (χ3v) is 3.40. The van der Waals surface area contributed by atoms with Crippen LogP contribution in [0.2, 0.25) is 0 Å². The van der Waals surface area contributed by atoms with Crippen molar-refractivity contribution in [3.63, 3.8) is 0 Å². The average Bonchev–Trinajstić information content (AvgIpc) is 2.97. The molecular weight excluding hydrogens is 252 g/mol. The van der Waals surface area contributed by atoms with Gasteiger partial charge in [-0.3, -0.25) is 9.59 Å². The largest absolute Gasteiger partial charge is 0.344 e. The average molecular weight is 262 g/mol. The Balaban J connectivity index is 1.82. The van der Waals surface area contributed by atoms with Gasteiger partial charge in [0.2, 0.25) is 11.8 Å². The Morgan fingerprint density at radius 1 is 1.44 bits per heavy atom. The maximum Gasteiger partial charge on any atom is 0.247 e.